The molecule has 0 bridgehead atoms. The summed E-state index contributed by atoms with van der Waals surface area (Å²) in [5.74, 6) is -2.65. The fourth-order valence-corrected chi connectivity index (χ4v) is 4.08. The second-order valence-electron chi connectivity index (χ2n) is 8.06. The first kappa shape index (κ1) is 27.4. The summed E-state index contributed by atoms with van der Waals surface area (Å²) in [6.45, 7) is 4.84. The number of alkyl halides is 1. The summed E-state index contributed by atoms with van der Waals surface area (Å²) in [7, 11) is -3.87. The Hall–Kier alpha value is -2.88. The Morgan fingerprint density at radius 3 is 2.32 bits per heavy atom. The van der Waals surface area contributed by atoms with Crippen molar-refractivity contribution in [1.82, 2.24) is 10.3 Å². The van der Waals surface area contributed by atoms with Crippen LogP contribution in [0.15, 0.2) is 30.3 Å². The van der Waals surface area contributed by atoms with Crippen LogP contribution in [0, 0.1) is 11.6 Å². The van der Waals surface area contributed by atoms with Crippen LogP contribution in [0.25, 0.3) is 5.57 Å². The molecule has 1 atom stereocenters. The first-order valence-electron chi connectivity index (χ1n) is 11.0. The number of aromatic nitrogens is 1. The highest BCUT2D eigenvalue weighted by atomic mass is 32.2. The van der Waals surface area contributed by atoms with Crippen LogP contribution < -0.4 is 10.0 Å². The van der Waals surface area contributed by atoms with Gasteiger partial charge in [-0.15, -0.1) is 0 Å². The third-order valence-corrected chi connectivity index (χ3v) is 5.61. The van der Waals surface area contributed by atoms with E-state index in [1.807, 2.05) is 13.8 Å². The predicted molar refractivity (Wildman–Crippen MR) is 127 cm³/mol. The van der Waals surface area contributed by atoms with Gasteiger partial charge in [0.15, 0.2) is 11.6 Å². The van der Waals surface area contributed by atoms with Gasteiger partial charge in [0.05, 0.1) is 18.0 Å². The maximum atomic E-state index is 14.3. The normalized spacial score (nSPS) is 13.0. The number of hydrogen-bond acceptors (Lipinski definition) is 4. The number of pyridine rings is 1. The van der Waals surface area contributed by atoms with Gasteiger partial charge in [0.25, 0.3) is 0 Å². The molecule has 0 aliphatic rings. The van der Waals surface area contributed by atoms with Crippen molar-refractivity contribution < 1.29 is 26.4 Å². The molecular formula is C24H30F3N3O3S. The number of nitrogens with zero attached hydrogens (tertiary/aromatic N) is 1. The zero-order chi connectivity index (χ0) is 25.5. The van der Waals surface area contributed by atoms with Crippen molar-refractivity contribution in [2.75, 3.05) is 11.0 Å². The van der Waals surface area contributed by atoms with E-state index < -0.39 is 46.0 Å². The predicted octanol–water partition coefficient (Wildman–Crippen LogP) is 5.21. The standard InChI is InChI=1S/C24H30F3N3O3S/c1-5-7-16(19-10-9-18(14-25)29-22(19)8-6-2)13-23(31)28-15(3)17-11-20(26)24(21(27)12-17)30-34(4,32)33/h9-13,15,30H,5-8,14H2,1-4H3,(H,28,31)/b16-13+/t15-/m1/s1. The van der Waals surface area contributed by atoms with Gasteiger partial charge in [0.1, 0.15) is 12.4 Å². The lowest BCUT2D eigenvalue weighted by atomic mass is 9.96. The van der Waals surface area contributed by atoms with Gasteiger partial charge in [-0.3, -0.25) is 14.5 Å². The molecule has 1 aromatic heterocycles. The van der Waals surface area contributed by atoms with Gasteiger partial charge in [-0.2, -0.15) is 0 Å². The molecule has 2 aromatic rings. The number of carbonyl (C=O) groups excluding carboxylic acids is 1. The second kappa shape index (κ2) is 12.0. The maximum Gasteiger partial charge on any atom is 0.244 e. The van der Waals surface area contributed by atoms with Crippen LogP contribution in [0.4, 0.5) is 18.9 Å². The first-order valence-corrected chi connectivity index (χ1v) is 12.9. The number of benzene rings is 1. The fraction of sp³-hybridized carbons (Fsp3) is 0.417. The molecule has 6 nitrogen and oxygen atoms in total. The number of aryl methyl sites for hydroxylation is 1. The van der Waals surface area contributed by atoms with Gasteiger partial charge < -0.3 is 5.32 Å². The van der Waals surface area contributed by atoms with Crippen LogP contribution in [0.5, 0.6) is 0 Å². The van der Waals surface area contributed by atoms with Crippen LogP contribution in [0.3, 0.4) is 0 Å². The Kier molecular flexibility index (Phi) is 9.66. The Morgan fingerprint density at radius 1 is 1.15 bits per heavy atom. The molecule has 0 saturated carbocycles. The van der Waals surface area contributed by atoms with Crippen molar-refractivity contribution in [3.63, 3.8) is 0 Å². The van der Waals surface area contributed by atoms with E-state index >= 15 is 0 Å². The molecular weight excluding hydrogens is 467 g/mol. The highest BCUT2D eigenvalue weighted by Crippen LogP contribution is 2.27. The number of carbonyl (C=O) groups is 1. The van der Waals surface area contributed by atoms with Gasteiger partial charge >= 0.3 is 0 Å². The molecule has 0 fully saturated rings. The number of allylic oxidation sites excluding steroid dienone is 1. The largest absolute Gasteiger partial charge is 0.346 e. The van der Waals surface area contributed by atoms with Crippen LogP contribution in [0.2, 0.25) is 0 Å². The molecule has 2 rings (SSSR count). The Labute approximate surface area is 198 Å². The molecule has 0 aliphatic carbocycles. The molecule has 0 saturated heterocycles. The number of rotatable bonds is 11. The van der Waals surface area contributed by atoms with E-state index in [0.29, 0.717) is 18.5 Å². The zero-order valence-electron chi connectivity index (χ0n) is 19.7. The summed E-state index contributed by atoms with van der Waals surface area (Å²) in [5.41, 5.74) is 1.92. The highest BCUT2D eigenvalue weighted by molar-refractivity contribution is 7.92. The second-order valence-corrected chi connectivity index (χ2v) is 9.81. The number of sulfonamides is 1. The Balaban J connectivity index is 2.30. The smallest absolute Gasteiger partial charge is 0.244 e. The minimum atomic E-state index is -3.87. The summed E-state index contributed by atoms with van der Waals surface area (Å²) < 4.78 is 66.2. The Bertz CT molecular complexity index is 1140. The number of halogens is 3. The average molecular weight is 498 g/mol. The number of anilines is 1. The lowest BCUT2D eigenvalue weighted by Gasteiger charge is -2.17. The zero-order valence-corrected chi connectivity index (χ0v) is 20.5. The molecule has 34 heavy (non-hydrogen) atoms. The molecule has 0 unspecified atom stereocenters. The molecule has 1 aromatic carbocycles. The van der Waals surface area contributed by atoms with Crippen molar-refractivity contribution >= 4 is 27.2 Å². The lowest BCUT2D eigenvalue weighted by molar-refractivity contribution is -0.117. The molecule has 1 heterocycles. The van der Waals surface area contributed by atoms with Gasteiger partial charge in [-0.1, -0.05) is 32.8 Å². The highest BCUT2D eigenvalue weighted by Gasteiger charge is 2.19. The van der Waals surface area contributed by atoms with Crippen LogP contribution in [0.1, 0.15) is 68.6 Å². The van der Waals surface area contributed by atoms with Gasteiger partial charge in [-0.05, 0) is 54.7 Å². The van der Waals surface area contributed by atoms with E-state index in [2.05, 4.69) is 10.3 Å². The lowest BCUT2D eigenvalue weighted by Crippen LogP contribution is -2.25. The third-order valence-electron chi connectivity index (χ3n) is 5.04. The average Bonchev–Trinajstić information content (AvgIpc) is 2.75. The van der Waals surface area contributed by atoms with Crippen molar-refractivity contribution in [1.29, 1.82) is 0 Å². The van der Waals surface area contributed by atoms with Crippen molar-refractivity contribution in [3.8, 4) is 0 Å². The topological polar surface area (TPSA) is 88.2 Å². The van der Waals surface area contributed by atoms with Crippen LogP contribution >= 0.6 is 0 Å². The minimum Gasteiger partial charge on any atom is -0.346 e. The van der Waals surface area contributed by atoms with Gasteiger partial charge in [0.2, 0.25) is 15.9 Å². The SMILES string of the molecule is CCC/C(=C\C(=O)N[C@H](C)c1cc(F)c(NS(C)(=O)=O)c(F)c1)c1ccc(CF)nc1CCC. The summed E-state index contributed by atoms with van der Waals surface area (Å²) in [5, 5.41) is 2.68. The van der Waals surface area contributed by atoms with Crippen molar-refractivity contribution in [2.45, 2.75) is 59.2 Å². The van der Waals surface area contributed by atoms with E-state index in [1.54, 1.807) is 23.8 Å². The van der Waals surface area contributed by atoms with E-state index in [1.165, 1.54) is 6.08 Å². The van der Waals surface area contributed by atoms with E-state index in [-0.39, 0.29) is 5.56 Å². The quantitative estimate of drug-likeness (QED) is 0.417. The molecule has 0 spiro atoms. The molecule has 0 aliphatic heterocycles. The van der Waals surface area contributed by atoms with Gasteiger partial charge in [-0.25, -0.2) is 21.6 Å². The van der Waals surface area contributed by atoms with Crippen molar-refractivity contribution in [2.24, 2.45) is 0 Å². The molecule has 1 amide bonds. The molecule has 186 valence electrons. The van der Waals surface area contributed by atoms with E-state index in [4.69, 9.17) is 0 Å². The fourth-order valence-electron chi connectivity index (χ4n) is 3.52. The molecule has 10 heteroatoms. The number of amides is 1. The van der Waals surface area contributed by atoms with Crippen LogP contribution in [-0.2, 0) is 27.9 Å². The summed E-state index contributed by atoms with van der Waals surface area (Å²) in [6.07, 6.45) is 5.00. The summed E-state index contributed by atoms with van der Waals surface area (Å²) in [6, 6.07) is 4.54. The maximum absolute atomic E-state index is 14.3. The minimum absolute atomic E-state index is 0.133. The van der Waals surface area contributed by atoms with Crippen molar-refractivity contribution in [3.05, 3.63) is 64.5 Å². The molecule has 0 radical (unpaired) electrons. The van der Waals surface area contributed by atoms with Gasteiger partial charge in [0, 0.05) is 11.8 Å². The van der Waals surface area contributed by atoms with E-state index in [0.717, 1.165) is 48.1 Å². The number of nitrogens with one attached hydrogen (secondary N) is 2. The summed E-state index contributed by atoms with van der Waals surface area (Å²) in [4.78, 5) is 17.1. The number of hydrogen-bond donors (Lipinski definition) is 2. The molecule has 2 N–H and O–H groups in total. The monoisotopic (exact) mass is 497 g/mol. The third kappa shape index (κ3) is 7.58. The van der Waals surface area contributed by atoms with E-state index in [9.17, 15) is 26.4 Å². The summed E-state index contributed by atoms with van der Waals surface area (Å²) >= 11 is 0. The van der Waals surface area contributed by atoms with Crippen LogP contribution in [-0.4, -0.2) is 25.6 Å². The first-order chi connectivity index (χ1) is 16.0. The Morgan fingerprint density at radius 2 is 1.79 bits per heavy atom.